The maximum atomic E-state index is 11.6. The van der Waals surface area contributed by atoms with Crippen molar-refractivity contribution in [3.8, 4) is 16.9 Å². The molecule has 5 heteroatoms. The van der Waals surface area contributed by atoms with E-state index in [0.29, 0.717) is 22.6 Å². The molecular weight excluding hydrogens is 206 g/mol. The minimum absolute atomic E-state index is 0.276. The first kappa shape index (κ1) is 10.2. The van der Waals surface area contributed by atoms with E-state index in [9.17, 15) is 4.79 Å². The minimum atomic E-state index is -0.276. The van der Waals surface area contributed by atoms with E-state index in [1.807, 2.05) is 0 Å². The van der Waals surface area contributed by atoms with Crippen molar-refractivity contribution in [3.05, 3.63) is 40.8 Å². The number of nitrogens with one attached hydrogen (secondary N) is 1. The van der Waals surface area contributed by atoms with Crippen molar-refractivity contribution in [2.24, 2.45) is 0 Å². The lowest BCUT2D eigenvalue weighted by Crippen LogP contribution is -2.10. The standard InChI is InChI=1S/C11H11N3O2/c1-16-9-4-2-3-7(10(9)12)8-5-6-13-14-11(8)15/h2-6H,12H2,1H3,(H,14,15). The lowest BCUT2D eigenvalue weighted by atomic mass is 10.1. The number of hydrogen-bond acceptors (Lipinski definition) is 4. The maximum Gasteiger partial charge on any atom is 0.272 e. The zero-order chi connectivity index (χ0) is 11.5. The Balaban J connectivity index is 2.66. The molecule has 0 bridgehead atoms. The lowest BCUT2D eigenvalue weighted by Gasteiger charge is -2.08. The van der Waals surface area contributed by atoms with Crippen LogP contribution in [0.5, 0.6) is 5.75 Å². The number of nitrogens with two attached hydrogens (primary N) is 1. The predicted molar refractivity (Wildman–Crippen MR) is 61.3 cm³/mol. The van der Waals surface area contributed by atoms with Crippen molar-refractivity contribution < 1.29 is 4.74 Å². The molecule has 0 atom stereocenters. The number of benzene rings is 1. The Kier molecular flexibility index (Phi) is 2.59. The first-order valence-electron chi connectivity index (χ1n) is 4.70. The Morgan fingerprint density at radius 1 is 1.31 bits per heavy atom. The summed E-state index contributed by atoms with van der Waals surface area (Å²) in [6, 6.07) is 6.91. The van der Waals surface area contributed by atoms with Crippen LogP contribution < -0.4 is 16.0 Å². The van der Waals surface area contributed by atoms with E-state index in [0.717, 1.165) is 0 Å². The molecule has 0 aliphatic heterocycles. The van der Waals surface area contributed by atoms with Crippen LogP contribution in [0.1, 0.15) is 0 Å². The van der Waals surface area contributed by atoms with Crippen LogP contribution in [0.3, 0.4) is 0 Å². The topological polar surface area (TPSA) is 81.0 Å². The van der Waals surface area contributed by atoms with Crippen LogP contribution in [0.15, 0.2) is 35.3 Å². The largest absolute Gasteiger partial charge is 0.495 e. The molecule has 0 aliphatic rings. The van der Waals surface area contributed by atoms with Gasteiger partial charge in [0.25, 0.3) is 5.56 Å². The van der Waals surface area contributed by atoms with Gasteiger partial charge in [0.2, 0.25) is 0 Å². The van der Waals surface area contributed by atoms with Gasteiger partial charge in [0.15, 0.2) is 0 Å². The van der Waals surface area contributed by atoms with Crippen LogP contribution in [0.2, 0.25) is 0 Å². The molecule has 0 radical (unpaired) electrons. The van der Waals surface area contributed by atoms with Crippen molar-refractivity contribution in [2.75, 3.05) is 12.8 Å². The summed E-state index contributed by atoms with van der Waals surface area (Å²) >= 11 is 0. The van der Waals surface area contributed by atoms with Gasteiger partial charge in [0, 0.05) is 11.8 Å². The van der Waals surface area contributed by atoms with Gasteiger partial charge in [0.1, 0.15) is 5.75 Å². The molecule has 0 saturated heterocycles. The van der Waals surface area contributed by atoms with E-state index in [1.54, 1.807) is 24.3 Å². The second-order valence-electron chi connectivity index (χ2n) is 3.22. The number of nitrogen functional groups attached to an aromatic ring is 1. The molecule has 0 unspecified atom stereocenters. The highest BCUT2D eigenvalue weighted by molar-refractivity contribution is 5.79. The number of ether oxygens (including phenoxy) is 1. The third-order valence-corrected chi connectivity index (χ3v) is 2.30. The quantitative estimate of drug-likeness (QED) is 0.736. The number of hydrogen-bond donors (Lipinski definition) is 2. The van der Waals surface area contributed by atoms with Crippen LogP contribution in [-0.2, 0) is 0 Å². The van der Waals surface area contributed by atoms with Crippen molar-refractivity contribution in [1.82, 2.24) is 10.2 Å². The minimum Gasteiger partial charge on any atom is -0.495 e. The number of methoxy groups -OCH3 is 1. The fourth-order valence-electron chi connectivity index (χ4n) is 1.51. The number of H-pyrrole nitrogens is 1. The first-order valence-corrected chi connectivity index (χ1v) is 4.70. The van der Waals surface area contributed by atoms with E-state index in [1.165, 1.54) is 13.3 Å². The van der Waals surface area contributed by atoms with Gasteiger partial charge in [-0.2, -0.15) is 5.10 Å². The predicted octanol–water partition coefficient (Wildman–Crippen LogP) is 1.03. The summed E-state index contributed by atoms with van der Waals surface area (Å²) < 4.78 is 5.09. The Morgan fingerprint density at radius 3 is 2.81 bits per heavy atom. The first-order chi connectivity index (χ1) is 7.74. The molecule has 1 heterocycles. The number of nitrogens with zero attached hydrogens (tertiary/aromatic N) is 1. The molecule has 3 N–H and O–H groups in total. The van der Waals surface area contributed by atoms with E-state index >= 15 is 0 Å². The Morgan fingerprint density at radius 2 is 2.12 bits per heavy atom. The number of rotatable bonds is 2. The molecule has 82 valence electrons. The zero-order valence-electron chi connectivity index (χ0n) is 8.73. The second kappa shape index (κ2) is 4.06. The fourth-order valence-corrected chi connectivity index (χ4v) is 1.51. The van der Waals surface area contributed by atoms with E-state index < -0.39 is 0 Å². The van der Waals surface area contributed by atoms with Gasteiger partial charge in [0.05, 0.1) is 18.4 Å². The third kappa shape index (κ3) is 1.63. The molecule has 1 aromatic carbocycles. The van der Waals surface area contributed by atoms with Gasteiger partial charge in [-0.15, -0.1) is 0 Å². The van der Waals surface area contributed by atoms with Crippen LogP contribution in [0.4, 0.5) is 5.69 Å². The van der Waals surface area contributed by atoms with Gasteiger partial charge < -0.3 is 10.5 Å². The highest BCUT2D eigenvalue weighted by Crippen LogP contribution is 2.30. The monoisotopic (exact) mass is 217 g/mol. The normalized spacial score (nSPS) is 10.1. The number of aromatic amines is 1. The zero-order valence-corrected chi connectivity index (χ0v) is 8.73. The van der Waals surface area contributed by atoms with E-state index in [-0.39, 0.29) is 5.56 Å². The van der Waals surface area contributed by atoms with Gasteiger partial charge in [-0.25, -0.2) is 5.10 Å². The number of anilines is 1. The van der Waals surface area contributed by atoms with Crippen molar-refractivity contribution in [3.63, 3.8) is 0 Å². The Hall–Kier alpha value is -2.30. The van der Waals surface area contributed by atoms with Gasteiger partial charge in [-0.05, 0) is 12.1 Å². The molecule has 1 aromatic heterocycles. The van der Waals surface area contributed by atoms with Crippen LogP contribution in [-0.4, -0.2) is 17.3 Å². The van der Waals surface area contributed by atoms with E-state index in [2.05, 4.69) is 10.2 Å². The number of para-hydroxylation sites is 1. The van der Waals surface area contributed by atoms with E-state index in [4.69, 9.17) is 10.5 Å². The molecule has 2 aromatic rings. The fraction of sp³-hybridized carbons (Fsp3) is 0.0909. The molecular formula is C11H11N3O2. The average Bonchev–Trinajstić information content (AvgIpc) is 2.31. The summed E-state index contributed by atoms with van der Waals surface area (Å²) in [6.07, 6.45) is 1.51. The smallest absolute Gasteiger partial charge is 0.272 e. The van der Waals surface area contributed by atoms with Gasteiger partial charge >= 0.3 is 0 Å². The van der Waals surface area contributed by atoms with Gasteiger partial charge in [-0.3, -0.25) is 4.79 Å². The third-order valence-electron chi connectivity index (χ3n) is 2.30. The van der Waals surface area contributed by atoms with Crippen molar-refractivity contribution >= 4 is 5.69 Å². The van der Waals surface area contributed by atoms with Crippen LogP contribution >= 0.6 is 0 Å². The highest BCUT2D eigenvalue weighted by atomic mass is 16.5. The molecule has 0 amide bonds. The van der Waals surface area contributed by atoms with Gasteiger partial charge in [-0.1, -0.05) is 12.1 Å². The summed E-state index contributed by atoms with van der Waals surface area (Å²) in [5, 5.41) is 5.99. The van der Waals surface area contributed by atoms with Crippen molar-refractivity contribution in [1.29, 1.82) is 0 Å². The summed E-state index contributed by atoms with van der Waals surface area (Å²) in [5.41, 5.74) is 7.19. The molecule has 16 heavy (non-hydrogen) atoms. The molecule has 5 nitrogen and oxygen atoms in total. The Bertz CT molecular complexity index is 563. The highest BCUT2D eigenvalue weighted by Gasteiger charge is 2.09. The molecule has 0 aliphatic carbocycles. The lowest BCUT2D eigenvalue weighted by molar-refractivity contribution is 0.417. The second-order valence-corrected chi connectivity index (χ2v) is 3.22. The summed E-state index contributed by atoms with van der Waals surface area (Å²) in [5.74, 6) is 0.550. The average molecular weight is 217 g/mol. The summed E-state index contributed by atoms with van der Waals surface area (Å²) in [7, 11) is 1.53. The SMILES string of the molecule is COc1cccc(-c2ccn[nH]c2=O)c1N. The number of aromatic nitrogens is 2. The maximum absolute atomic E-state index is 11.6. The summed E-state index contributed by atoms with van der Waals surface area (Å²) in [6.45, 7) is 0. The molecule has 0 fully saturated rings. The van der Waals surface area contributed by atoms with Crippen LogP contribution in [0, 0.1) is 0 Å². The molecule has 0 spiro atoms. The molecule has 0 saturated carbocycles. The summed E-state index contributed by atoms with van der Waals surface area (Å²) in [4.78, 5) is 11.6. The van der Waals surface area contributed by atoms with Crippen LogP contribution in [0.25, 0.3) is 11.1 Å². The Labute approximate surface area is 91.9 Å². The molecule has 2 rings (SSSR count). The van der Waals surface area contributed by atoms with Crippen molar-refractivity contribution in [2.45, 2.75) is 0 Å².